The minimum atomic E-state index is -0.670. The first-order valence-corrected chi connectivity index (χ1v) is 6.25. The molecule has 5 heteroatoms. The fourth-order valence-corrected chi connectivity index (χ4v) is 2.40. The molecule has 1 fully saturated rings. The van der Waals surface area contributed by atoms with E-state index in [-0.39, 0.29) is 10.9 Å². The highest BCUT2D eigenvalue weighted by Gasteiger charge is 2.47. The molecular weight excluding hydrogens is 248 g/mol. The first kappa shape index (κ1) is 12.8. The Morgan fingerprint density at radius 1 is 1.44 bits per heavy atom. The van der Waals surface area contributed by atoms with Gasteiger partial charge in [-0.05, 0) is 25.0 Å². The maximum Gasteiger partial charge on any atom is 0.237 e. The maximum absolute atomic E-state index is 12.3. The van der Waals surface area contributed by atoms with Crippen molar-refractivity contribution in [3.8, 4) is 5.75 Å². The van der Waals surface area contributed by atoms with Crippen LogP contribution in [-0.4, -0.2) is 18.0 Å². The number of thiocarbonyl (C=S) groups is 1. The number of methoxy groups -OCH3 is 1. The van der Waals surface area contributed by atoms with Crippen LogP contribution in [0.1, 0.15) is 19.3 Å². The van der Waals surface area contributed by atoms with Gasteiger partial charge in [0.2, 0.25) is 5.91 Å². The zero-order valence-corrected chi connectivity index (χ0v) is 11.0. The second-order valence-electron chi connectivity index (χ2n) is 4.45. The number of hydrogen-bond acceptors (Lipinski definition) is 3. The van der Waals surface area contributed by atoms with Gasteiger partial charge in [-0.15, -0.1) is 0 Å². The highest BCUT2D eigenvalue weighted by Crippen LogP contribution is 2.42. The van der Waals surface area contributed by atoms with Crippen LogP contribution in [0.2, 0.25) is 0 Å². The number of rotatable bonds is 4. The van der Waals surface area contributed by atoms with E-state index in [1.54, 1.807) is 19.2 Å². The van der Waals surface area contributed by atoms with E-state index in [0.29, 0.717) is 11.4 Å². The van der Waals surface area contributed by atoms with Crippen LogP contribution in [0.3, 0.4) is 0 Å². The molecule has 0 saturated heterocycles. The maximum atomic E-state index is 12.3. The van der Waals surface area contributed by atoms with E-state index in [4.69, 9.17) is 22.7 Å². The Balaban J connectivity index is 2.19. The summed E-state index contributed by atoms with van der Waals surface area (Å²) in [7, 11) is 1.57. The molecule has 4 nitrogen and oxygen atoms in total. The van der Waals surface area contributed by atoms with Crippen molar-refractivity contribution in [2.24, 2.45) is 11.1 Å². The van der Waals surface area contributed by atoms with Gasteiger partial charge in [0.15, 0.2) is 0 Å². The number of anilines is 1. The molecule has 0 heterocycles. The van der Waals surface area contributed by atoms with Crippen molar-refractivity contribution in [1.82, 2.24) is 0 Å². The Kier molecular flexibility index (Phi) is 3.52. The molecule has 18 heavy (non-hydrogen) atoms. The predicted molar refractivity (Wildman–Crippen MR) is 74.7 cm³/mol. The number of nitrogens with two attached hydrogens (primary N) is 1. The standard InChI is InChI=1S/C13H16N2O2S/c1-17-10-6-3-2-5-9(10)15-12(16)13(11(14)18)7-4-8-13/h2-3,5-6H,4,7-8H2,1H3,(H2,14,18)(H,15,16). The molecule has 1 aromatic carbocycles. The molecule has 0 atom stereocenters. The van der Waals surface area contributed by atoms with E-state index in [0.717, 1.165) is 19.3 Å². The summed E-state index contributed by atoms with van der Waals surface area (Å²) in [5, 5.41) is 2.85. The predicted octanol–water partition coefficient (Wildman–Crippen LogP) is 2.09. The van der Waals surface area contributed by atoms with Gasteiger partial charge in [-0.3, -0.25) is 4.79 Å². The number of carbonyl (C=O) groups excluding carboxylic acids is 1. The number of nitrogens with one attached hydrogen (secondary N) is 1. The topological polar surface area (TPSA) is 64.3 Å². The first-order chi connectivity index (χ1) is 8.60. The first-order valence-electron chi connectivity index (χ1n) is 5.84. The molecule has 0 spiro atoms. The molecule has 1 saturated carbocycles. The molecule has 1 aromatic rings. The minimum Gasteiger partial charge on any atom is -0.495 e. The summed E-state index contributed by atoms with van der Waals surface area (Å²) in [5.74, 6) is 0.494. The number of amides is 1. The summed E-state index contributed by atoms with van der Waals surface area (Å²) in [6.07, 6.45) is 2.43. The number of ether oxygens (including phenoxy) is 1. The van der Waals surface area contributed by atoms with Crippen molar-refractivity contribution in [3.05, 3.63) is 24.3 Å². The molecule has 0 unspecified atom stereocenters. The van der Waals surface area contributed by atoms with Gasteiger partial charge < -0.3 is 15.8 Å². The van der Waals surface area contributed by atoms with Crippen molar-refractivity contribution >= 4 is 28.8 Å². The quantitative estimate of drug-likeness (QED) is 0.817. The normalized spacial score (nSPS) is 16.5. The van der Waals surface area contributed by atoms with Gasteiger partial charge in [0, 0.05) is 0 Å². The summed E-state index contributed by atoms with van der Waals surface area (Å²) in [4.78, 5) is 12.6. The molecule has 1 aliphatic rings. The van der Waals surface area contributed by atoms with Crippen LogP contribution in [0.15, 0.2) is 24.3 Å². The lowest BCUT2D eigenvalue weighted by Crippen LogP contribution is -2.50. The van der Waals surface area contributed by atoms with Crippen molar-refractivity contribution < 1.29 is 9.53 Å². The van der Waals surface area contributed by atoms with E-state index in [1.165, 1.54) is 0 Å². The molecule has 0 aliphatic heterocycles. The number of benzene rings is 1. The third-order valence-corrected chi connectivity index (χ3v) is 3.86. The number of carbonyl (C=O) groups is 1. The number of hydrogen-bond donors (Lipinski definition) is 2. The summed E-state index contributed by atoms with van der Waals surface area (Å²) < 4.78 is 5.19. The van der Waals surface area contributed by atoms with Gasteiger partial charge in [0.25, 0.3) is 0 Å². The molecule has 1 aliphatic carbocycles. The molecule has 3 N–H and O–H groups in total. The van der Waals surface area contributed by atoms with Gasteiger partial charge in [-0.25, -0.2) is 0 Å². The van der Waals surface area contributed by atoms with Gasteiger partial charge in [-0.2, -0.15) is 0 Å². The second kappa shape index (κ2) is 4.94. The highest BCUT2D eigenvalue weighted by atomic mass is 32.1. The van der Waals surface area contributed by atoms with Gasteiger partial charge in [-0.1, -0.05) is 30.8 Å². The van der Waals surface area contributed by atoms with Crippen LogP contribution in [0.25, 0.3) is 0 Å². The molecule has 1 amide bonds. The Labute approximate surface area is 112 Å². The molecule has 0 bridgehead atoms. The van der Waals surface area contributed by atoms with Crippen molar-refractivity contribution in [1.29, 1.82) is 0 Å². The summed E-state index contributed by atoms with van der Waals surface area (Å²) in [6, 6.07) is 7.28. The van der Waals surface area contributed by atoms with E-state index in [1.807, 2.05) is 12.1 Å². The van der Waals surface area contributed by atoms with E-state index < -0.39 is 5.41 Å². The molecule has 0 aromatic heterocycles. The van der Waals surface area contributed by atoms with Gasteiger partial charge in [0.05, 0.1) is 23.2 Å². The lowest BCUT2D eigenvalue weighted by Gasteiger charge is -2.39. The average Bonchev–Trinajstić information content (AvgIpc) is 2.27. The Morgan fingerprint density at radius 2 is 2.11 bits per heavy atom. The van der Waals surface area contributed by atoms with Crippen molar-refractivity contribution in [2.45, 2.75) is 19.3 Å². The zero-order chi connectivity index (χ0) is 13.2. The van der Waals surface area contributed by atoms with Crippen LogP contribution < -0.4 is 15.8 Å². The summed E-state index contributed by atoms with van der Waals surface area (Å²) in [5.41, 5.74) is 5.67. The van der Waals surface area contributed by atoms with Crippen LogP contribution in [0.5, 0.6) is 5.75 Å². The molecule has 96 valence electrons. The third-order valence-electron chi connectivity index (χ3n) is 3.47. The van der Waals surface area contributed by atoms with Gasteiger partial charge >= 0.3 is 0 Å². The SMILES string of the molecule is COc1ccccc1NC(=O)C1(C(N)=S)CCC1. The number of para-hydroxylation sites is 2. The minimum absolute atomic E-state index is 0.134. The smallest absolute Gasteiger partial charge is 0.237 e. The van der Waals surface area contributed by atoms with Gasteiger partial charge in [0.1, 0.15) is 5.75 Å². The van der Waals surface area contributed by atoms with E-state index in [9.17, 15) is 4.79 Å². The molecule has 2 rings (SSSR count). The van der Waals surface area contributed by atoms with Crippen LogP contribution in [0, 0.1) is 5.41 Å². The van der Waals surface area contributed by atoms with Crippen molar-refractivity contribution in [2.75, 3.05) is 12.4 Å². The summed E-state index contributed by atoms with van der Waals surface area (Å²) in [6.45, 7) is 0. The molecule has 0 radical (unpaired) electrons. The third kappa shape index (κ3) is 2.06. The lowest BCUT2D eigenvalue weighted by molar-refractivity contribution is -0.125. The Hall–Kier alpha value is -1.62. The van der Waals surface area contributed by atoms with E-state index >= 15 is 0 Å². The van der Waals surface area contributed by atoms with Crippen LogP contribution in [0.4, 0.5) is 5.69 Å². The monoisotopic (exact) mass is 264 g/mol. The zero-order valence-electron chi connectivity index (χ0n) is 10.2. The largest absolute Gasteiger partial charge is 0.495 e. The second-order valence-corrected chi connectivity index (χ2v) is 4.89. The van der Waals surface area contributed by atoms with Crippen LogP contribution >= 0.6 is 12.2 Å². The van der Waals surface area contributed by atoms with Crippen molar-refractivity contribution in [3.63, 3.8) is 0 Å². The fraction of sp³-hybridized carbons (Fsp3) is 0.385. The summed E-state index contributed by atoms with van der Waals surface area (Å²) >= 11 is 5.02. The molecular formula is C13H16N2O2S. The average molecular weight is 264 g/mol. The Bertz CT molecular complexity index is 484. The van der Waals surface area contributed by atoms with E-state index in [2.05, 4.69) is 5.32 Å². The lowest BCUT2D eigenvalue weighted by atomic mass is 9.68. The Morgan fingerprint density at radius 3 is 2.61 bits per heavy atom. The van der Waals surface area contributed by atoms with Crippen LogP contribution in [-0.2, 0) is 4.79 Å². The fourth-order valence-electron chi connectivity index (χ4n) is 2.11. The highest BCUT2D eigenvalue weighted by molar-refractivity contribution is 7.80.